The summed E-state index contributed by atoms with van der Waals surface area (Å²) in [5.74, 6) is 2.26. The number of nitrogens with one attached hydrogen (secondary N) is 1. The van der Waals surface area contributed by atoms with Crippen molar-refractivity contribution in [2.45, 2.75) is 34.1 Å². The molecule has 1 aromatic carbocycles. The number of benzene rings is 1. The van der Waals surface area contributed by atoms with Gasteiger partial charge in [-0.25, -0.2) is 0 Å². The zero-order valence-electron chi connectivity index (χ0n) is 13.6. The number of terminal acetylenes is 1. The highest BCUT2D eigenvalue weighted by molar-refractivity contribution is 6.04. The number of anilines is 1. The fraction of sp³-hybridized carbons (Fsp3) is 0.263. The lowest BCUT2D eigenvalue weighted by atomic mass is 10.1. The lowest BCUT2D eigenvalue weighted by molar-refractivity contribution is 0.102. The number of pyridine rings is 1. The number of amides is 1. The van der Waals surface area contributed by atoms with Gasteiger partial charge in [0.25, 0.3) is 5.91 Å². The maximum atomic E-state index is 12.1. The zero-order valence-corrected chi connectivity index (χ0v) is 13.6. The Hall–Kier alpha value is -2.60. The molecule has 0 saturated carbocycles. The third-order valence-corrected chi connectivity index (χ3v) is 3.15. The Morgan fingerprint density at radius 3 is 2.59 bits per heavy atom. The van der Waals surface area contributed by atoms with Crippen molar-refractivity contribution in [3.05, 3.63) is 58.9 Å². The van der Waals surface area contributed by atoms with Gasteiger partial charge in [-0.3, -0.25) is 9.78 Å². The van der Waals surface area contributed by atoms with Crippen molar-refractivity contribution in [1.82, 2.24) is 4.98 Å². The molecule has 0 aliphatic rings. The predicted octanol–water partition coefficient (Wildman–Crippen LogP) is 4.21. The van der Waals surface area contributed by atoms with Crippen LogP contribution in [0.15, 0.2) is 36.7 Å². The lowest BCUT2D eigenvalue weighted by Gasteiger charge is -2.08. The molecule has 0 saturated heterocycles. The fourth-order valence-electron chi connectivity index (χ4n) is 2.02. The van der Waals surface area contributed by atoms with Crippen molar-refractivity contribution in [1.29, 1.82) is 0 Å². The number of rotatable bonds is 3. The van der Waals surface area contributed by atoms with Gasteiger partial charge < -0.3 is 5.32 Å². The number of hydrogen-bond acceptors (Lipinski definition) is 2. The molecular formula is C19H22N2O. The molecule has 0 unspecified atom stereocenters. The minimum Gasteiger partial charge on any atom is -0.322 e. The quantitative estimate of drug-likeness (QED) is 0.861. The highest BCUT2D eigenvalue weighted by Gasteiger charge is 2.08. The van der Waals surface area contributed by atoms with E-state index in [0.29, 0.717) is 11.1 Å². The number of nitrogens with zero attached hydrogens (tertiary/aromatic N) is 1. The monoisotopic (exact) mass is 294 g/mol. The fourth-order valence-corrected chi connectivity index (χ4v) is 2.02. The molecule has 0 aliphatic heterocycles. The van der Waals surface area contributed by atoms with E-state index in [1.165, 1.54) is 17.3 Å². The summed E-state index contributed by atoms with van der Waals surface area (Å²) in [4.78, 5) is 16.1. The van der Waals surface area contributed by atoms with Crippen molar-refractivity contribution >= 4 is 11.6 Å². The van der Waals surface area contributed by atoms with Gasteiger partial charge in [0.15, 0.2) is 0 Å². The van der Waals surface area contributed by atoms with Crippen LogP contribution in [0.3, 0.4) is 0 Å². The van der Waals surface area contributed by atoms with Gasteiger partial charge in [-0.15, -0.1) is 6.42 Å². The van der Waals surface area contributed by atoms with Gasteiger partial charge >= 0.3 is 0 Å². The van der Waals surface area contributed by atoms with Crippen molar-refractivity contribution in [2.24, 2.45) is 0 Å². The third-order valence-electron chi connectivity index (χ3n) is 3.15. The van der Waals surface area contributed by atoms with Crippen LogP contribution in [0.1, 0.15) is 47.8 Å². The Labute approximate surface area is 132 Å². The van der Waals surface area contributed by atoms with Crippen LogP contribution in [-0.2, 0) is 6.42 Å². The van der Waals surface area contributed by atoms with Gasteiger partial charge in [0.05, 0.1) is 5.56 Å². The second kappa shape index (κ2) is 8.63. The number of hydrogen-bond donors (Lipinski definition) is 1. The Kier molecular flexibility index (Phi) is 6.85. The van der Waals surface area contributed by atoms with E-state index < -0.39 is 0 Å². The first-order chi connectivity index (χ1) is 10.6. The minimum absolute atomic E-state index is 0.210. The second-order valence-corrected chi connectivity index (χ2v) is 4.56. The van der Waals surface area contributed by atoms with E-state index in [0.717, 1.165) is 12.1 Å². The van der Waals surface area contributed by atoms with Crippen LogP contribution >= 0.6 is 0 Å². The summed E-state index contributed by atoms with van der Waals surface area (Å²) < 4.78 is 0. The molecule has 3 heteroatoms. The molecule has 0 atom stereocenters. The second-order valence-electron chi connectivity index (χ2n) is 4.56. The molecule has 2 rings (SSSR count). The van der Waals surface area contributed by atoms with Crippen LogP contribution in [0.25, 0.3) is 0 Å². The summed E-state index contributed by atoms with van der Waals surface area (Å²) in [5.41, 5.74) is 4.27. The van der Waals surface area contributed by atoms with E-state index in [-0.39, 0.29) is 5.91 Å². The first-order valence-electron chi connectivity index (χ1n) is 7.46. The van der Waals surface area contributed by atoms with Gasteiger partial charge in [0, 0.05) is 23.6 Å². The van der Waals surface area contributed by atoms with Crippen molar-refractivity contribution < 1.29 is 4.79 Å². The first-order valence-corrected chi connectivity index (χ1v) is 7.46. The normalized spacial score (nSPS) is 9.23. The van der Waals surface area contributed by atoms with Gasteiger partial charge in [-0.05, 0) is 42.7 Å². The molecule has 0 fully saturated rings. The van der Waals surface area contributed by atoms with Crippen LogP contribution in [0, 0.1) is 19.3 Å². The molecule has 1 N–H and O–H groups in total. The van der Waals surface area contributed by atoms with E-state index in [9.17, 15) is 4.79 Å². The average Bonchev–Trinajstić information content (AvgIpc) is 2.57. The molecule has 22 heavy (non-hydrogen) atoms. The Morgan fingerprint density at radius 2 is 2.00 bits per heavy atom. The average molecular weight is 294 g/mol. The van der Waals surface area contributed by atoms with Gasteiger partial charge in [-0.2, -0.15) is 0 Å². The van der Waals surface area contributed by atoms with Crippen molar-refractivity contribution in [3.8, 4) is 12.3 Å². The Balaban J connectivity index is 0.00000116. The van der Waals surface area contributed by atoms with Crippen LogP contribution in [0.4, 0.5) is 5.69 Å². The summed E-state index contributed by atoms with van der Waals surface area (Å²) in [6, 6.07) is 7.55. The largest absolute Gasteiger partial charge is 0.322 e. The number of carbonyl (C=O) groups excluding carboxylic acids is 1. The Bertz CT molecular complexity index is 684. The molecule has 0 spiro atoms. The van der Waals surface area contributed by atoms with Gasteiger partial charge in [0.2, 0.25) is 0 Å². The molecule has 1 heterocycles. The third kappa shape index (κ3) is 4.46. The molecule has 0 aliphatic carbocycles. The Morgan fingerprint density at radius 1 is 1.27 bits per heavy atom. The summed E-state index contributed by atoms with van der Waals surface area (Å²) >= 11 is 0. The summed E-state index contributed by atoms with van der Waals surface area (Å²) in [6.45, 7) is 8.15. The zero-order chi connectivity index (χ0) is 16.5. The van der Waals surface area contributed by atoms with Crippen molar-refractivity contribution in [3.63, 3.8) is 0 Å². The molecule has 3 nitrogen and oxygen atoms in total. The van der Waals surface area contributed by atoms with Crippen molar-refractivity contribution in [2.75, 3.05) is 5.32 Å². The summed E-state index contributed by atoms with van der Waals surface area (Å²) in [5, 5.41) is 2.85. The maximum Gasteiger partial charge on any atom is 0.257 e. The van der Waals surface area contributed by atoms with E-state index >= 15 is 0 Å². The van der Waals surface area contributed by atoms with Crippen LogP contribution in [0.5, 0.6) is 0 Å². The molecule has 0 bridgehead atoms. The standard InChI is InChI=1S/C17H16N2O.C2H6/c1-4-13-9-15(11-18-10-13)17(20)19-16-7-6-14(5-2)12(3)8-16;1-2/h1,6-11H,5H2,2-3H3,(H,19,20);1-2H3. The van der Waals surface area contributed by atoms with E-state index in [4.69, 9.17) is 6.42 Å². The minimum atomic E-state index is -0.210. The molecule has 1 aromatic heterocycles. The molecule has 2 aromatic rings. The van der Waals surface area contributed by atoms with E-state index in [2.05, 4.69) is 23.1 Å². The van der Waals surface area contributed by atoms with E-state index in [1.807, 2.05) is 39.0 Å². The van der Waals surface area contributed by atoms with Gasteiger partial charge in [0.1, 0.15) is 0 Å². The highest BCUT2D eigenvalue weighted by atomic mass is 16.1. The highest BCUT2D eigenvalue weighted by Crippen LogP contribution is 2.16. The number of carbonyl (C=O) groups is 1. The molecular weight excluding hydrogens is 272 g/mol. The summed E-state index contributed by atoms with van der Waals surface area (Å²) in [6.07, 6.45) is 9.34. The number of aromatic nitrogens is 1. The predicted molar refractivity (Wildman–Crippen MR) is 92.0 cm³/mol. The van der Waals surface area contributed by atoms with E-state index in [1.54, 1.807) is 12.3 Å². The van der Waals surface area contributed by atoms with Gasteiger partial charge in [-0.1, -0.05) is 32.8 Å². The summed E-state index contributed by atoms with van der Waals surface area (Å²) in [7, 11) is 0. The topological polar surface area (TPSA) is 42.0 Å². The first kappa shape index (κ1) is 17.5. The molecule has 114 valence electrons. The smallest absolute Gasteiger partial charge is 0.257 e. The van der Waals surface area contributed by atoms with Crippen LogP contribution in [-0.4, -0.2) is 10.9 Å². The molecule has 0 radical (unpaired) electrons. The maximum absolute atomic E-state index is 12.1. The lowest BCUT2D eigenvalue weighted by Crippen LogP contribution is -2.12. The SMILES string of the molecule is C#Cc1cncc(C(=O)Nc2ccc(CC)c(C)c2)c1.CC. The number of aryl methyl sites for hydroxylation is 2. The van der Waals surface area contributed by atoms with Crippen LogP contribution < -0.4 is 5.32 Å². The molecule has 1 amide bonds. The van der Waals surface area contributed by atoms with Crippen LogP contribution in [0.2, 0.25) is 0 Å².